The van der Waals surface area contributed by atoms with Crippen LogP contribution in [0.5, 0.6) is 0 Å². The third kappa shape index (κ3) is 5.22. The maximum Gasteiger partial charge on any atom is 0.317 e. The number of halogens is 2. The Bertz CT molecular complexity index is 2000. The molecule has 9 aliphatic rings. The monoisotopic (exact) mass is 766 g/mol. The van der Waals surface area contributed by atoms with E-state index in [0.717, 1.165) is 49.3 Å². The van der Waals surface area contributed by atoms with Gasteiger partial charge in [0.1, 0.15) is 0 Å². The van der Waals surface area contributed by atoms with E-state index in [1.165, 1.54) is 18.9 Å². The molecule has 6 fully saturated rings. The molecule has 3 N–H and O–H groups in total. The van der Waals surface area contributed by atoms with Gasteiger partial charge in [-0.15, -0.1) is 0 Å². The van der Waals surface area contributed by atoms with Gasteiger partial charge in [0.15, 0.2) is 17.4 Å². The molecule has 11 rings (SSSR count). The molecule has 2 aromatic rings. The van der Waals surface area contributed by atoms with Gasteiger partial charge in [0.25, 0.3) is 0 Å². The Morgan fingerprint density at radius 3 is 2.32 bits per heavy atom. The van der Waals surface area contributed by atoms with Crippen LogP contribution in [0.4, 0.5) is 13.6 Å². The standard InChI is InChI=1S/C48H60F2N2O4/c1-29(30-9-7-6-8-10-30)51-42(55)52(27-32-11-13-33-24-35(32)43(33,2)3)28-47(56)20-17-40-45(47,5)19-16-39-44(4)18-15-34(53)25-46(44)21-22-48(39,40)36(26-46)41(54)31-12-14-37(49)38(50)23-31/h6-10,12,14,21-23,26,29,32-35,39-40,53,56H,11,13,15-20,24-25,27-28H2,1-5H3,(H,51,55). The Labute approximate surface area is 331 Å². The minimum atomic E-state index is -1.23. The number of carbonyl (C=O) groups excluding carboxylic acids is 2. The number of aliphatic hydroxyl groups is 2. The first-order valence-electron chi connectivity index (χ1n) is 21.4. The van der Waals surface area contributed by atoms with Crippen LogP contribution in [0.25, 0.3) is 0 Å². The predicted molar refractivity (Wildman–Crippen MR) is 212 cm³/mol. The lowest BCUT2D eigenvalue weighted by molar-refractivity contribution is -0.176. The molecule has 9 aliphatic carbocycles. The van der Waals surface area contributed by atoms with Crippen LogP contribution in [0.3, 0.4) is 0 Å². The van der Waals surface area contributed by atoms with Crippen LogP contribution in [0.1, 0.15) is 121 Å². The molecule has 2 amide bonds. The topological polar surface area (TPSA) is 89.9 Å². The molecule has 0 aliphatic heterocycles. The van der Waals surface area contributed by atoms with Crippen molar-refractivity contribution in [3.8, 4) is 0 Å². The molecule has 4 bridgehead atoms. The number of fused-ring (bicyclic) bond motifs is 3. The van der Waals surface area contributed by atoms with Crippen molar-refractivity contribution in [2.75, 3.05) is 13.1 Å². The molecule has 0 aromatic heterocycles. The van der Waals surface area contributed by atoms with E-state index in [0.29, 0.717) is 49.6 Å². The molecule has 0 heterocycles. The lowest BCUT2D eigenvalue weighted by atomic mass is 9.32. The summed E-state index contributed by atoms with van der Waals surface area (Å²) in [7, 11) is 0. The minimum absolute atomic E-state index is 0.0596. The minimum Gasteiger partial charge on any atom is -0.393 e. The van der Waals surface area contributed by atoms with Gasteiger partial charge in [0.05, 0.1) is 24.3 Å². The highest BCUT2D eigenvalue weighted by Gasteiger charge is 2.74. The number of hydrogen-bond donors (Lipinski definition) is 3. The number of nitrogens with one attached hydrogen (secondary N) is 1. The van der Waals surface area contributed by atoms with Crippen LogP contribution < -0.4 is 5.32 Å². The average Bonchev–Trinajstić information content (AvgIpc) is 3.45. The van der Waals surface area contributed by atoms with E-state index in [2.05, 4.69) is 51.2 Å². The number of allylic oxidation sites excluding steroid dienone is 4. The van der Waals surface area contributed by atoms with Gasteiger partial charge in [-0.2, -0.15) is 0 Å². The first-order chi connectivity index (χ1) is 26.5. The highest BCUT2D eigenvalue weighted by molar-refractivity contribution is 6.10. The summed E-state index contributed by atoms with van der Waals surface area (Å²) in [5.41, 5.74) is -1.41. The smallest absolute Gasteiger partial charge is 0.317 e. The maximum atomic E-state index is 14.8. The number of amides is 2. The lowest BCUT2D eigenvalue weighted by Gasteiger charge is -2.71. The molecule has 2 spiro atoms. The van der Waals surface area contributed by atoms with Crippen LogP contribution >= 0.6 is 0 Å². The van der Waals surface area contributed by atoms with Crippen LogP contribution in [0.15, 0.2) is 72.3 Å². The predicted octanol–water partition coefficient (Wildman–Crippen LogP) is 9.58. The Balaban J connectivity index is 1.09. The molecule has 6 nitrogen and oxygen atoms in total. The van der Waals surface area contributed by atoms with Crippen molar-refractivity contribution in [1.29, 1.82) is 0 Å². The largest absolute Gasteiger partial charge is 0.393 e. The van der Waals surface area contributed by atoms with E-state index >= 15 is 0 Å². The second kappa shape index (κ2) is 12.8. The fourth-order valence-corrected chi connectivity index (χ4v) is 14.5. The van der Waals surface area contributed by atoms with E-state index < -0.39 is 39.6 Å². The zero-order valence-electron chi connectivity index (χ0n) is 33.8. The summed E-state index contributed by atoms with van der Waals surface area (Å²) in [5.74, 6) is -0.803. The third-order valence-electron chi connectivity index (χ3n) is 18.0. The number of carbonyl (C=O) groups is 2. The summed E-state index contributed by atoms with van der Waals surface area (Å²) in [6, 6.07) is 13.0. The van der Waals surface area contributed by atoms with Crippen molar-refractivity contribution < 1.29 is 28.6 Å². The summed E-state index contributed by atoms with van der Waals surface area (Å²) < 4.78 is 28.9. The van der Waals surface area contributed by atoms with Gasteiger partial charge < -0.3 is 20.4 Å². The number of ketones is 1. The van der Waals surface area contributed by atoms with Crippen LogP contribution in [-0.2, 0) is 0 Å². The van der Waals surface area contributed by atoms with Gasteiger partial charge in [-0.05, 0) is 135 Å². The van der Waals surface area contributed by atoms with Crippen LogP contribution in [-0.4, -0.2) is 51.7 Å². The fourth-order valence-electron chi connectivity index (χ4n) is 14.5. The normalized spacial score (nSPS) is 41.7. The van der Waals surface area contributed by atoms with Gasteiger partial charge in [0.2, 0.25) is 0 Å². The van der Waals surface area contributed by atoms with E-state index in [1.807, 2.05) is 42.2 Å². The molecular formula is C48H60F2N2O4. The highest BCUT2D eigenvalue weighted by atomic mass is 19.2. The summed E-state index contributed by atoms with van der Waals surface area (Å²) in [5, 5.41) is 27.6. The van der Waals surface area contributed by atoms with E-state index in [9.17, 15) is 28.6 Å². The highest BCUT2D eigenvalue weighted by Crippen LogP contribution is 2.78. The molecule has 8 heteroatoms. The number of nitrogens with zero attached hydrogens (tertiary/aromatic N) is 1. The summed E-state index contributed by atoms with van der Waals surface area (Å²) in [6.45, 7) is 12.1. The zero-order chi connectivity index (χ0) is 39.6. The second-order valence-corrected chi connectivity index (χ2v) is 20.4. The first kappa shape index (κ1) is 38.2. The lowest BCUT2D eigenvalue weighted by Crippen LogP contribution is -2.67. The van der Waals surface area contributed by atoms with Crippen LogP contribution in [0, 0.1) is 68.3 Å². The molecule has 0 saturated heterocycles. The van der Waals surface area contributed by atoms with Crippen molar-refractivity contribution in [3.63, 3.8) is 0 Å². The number of rotatable bonds is 8. The Morgan fingerprint density at radius 2 is 1.61 bits per heavy atom. The molecule has 2 aromatic carbocycles. The van der Waals surface area contributed by atoms with Gasteiger partial charge in [-0.3, -0.25) is 4.79 Å². The molecule has 0 radical (unpaired) electrons. The quantitative estimate of drug-likeness (QED) is 0.185. The molecule has 12 atom stereocenters. The summed E-state index contributed by atoms with van der Waals surface area (Å²) >= 11 is 0. The van der Waals surface area contributed by atoms with Crippen molar-refractivity contribution in [2.45, 2.75) is 117 Å². The average molecular weight is 767 g/mol. The number of hydrogen-bond acceptors (Lipinski definition) is 4. The Morgan fingerprint density at radius 1 is 0.893 bits per heavy atom. The van der Waals surface area contributed by atoms with E-state index in [1.54, 1.807) is 0 Å². The van der Waals surface area contributed by atoms with Gasteiger partial charge in [0, 0.05) is 33.9 Å². The van der Waals surface area contributed by atoms with E-state index in [-0.39, 0.29) is 52.6 Å². The van der Waals surface area contributed by atoms with Gasteiger partial charge in [-0.25, -0.2) is 13.6 Å². The molecule has 300 valence electrons. The van der Waals surface area contributed by atoms with Gasteiger partial charge >= 0.3 is 6.03 Å². The zero-order valence-corrected chi connectivity index (χ0v) is 33.8. The SMILES string of the molecule is CC(NC(=O)N(CC1CCC2CC1C2(C)C)CC1(O)CCC2C34C=CC5(C=C3C(=O)c3ccc(F)c(F)c3)CC(O)CCC5(C)C4CCC21C)c1ccccc1. The van der Waals surface area contributed by atoms with Crippen molar-refractivity contribution in [1.82, 2.24) is 10.2 Å². The molecule has 6 saturated carbocycles. The number of benzene rings is 2. The van der Waals surface area contributed by atoms with Gasteiger partial charge in [-0.1, -0.05) is 76.3 Å². The molecule has 56 heavy (non-hydrogen) atoms. The second-order valence-electron chi connectivity index (χ2n) is 20.4. The van der Waals surface area contributed by atoms with Crippen molar-refractivity contribution in [3.05, 3.63) is 95.1 Å². The number of Topliss-reactive ketones (excluding diaryl/α,β-unsaturated/α-hetero) is 1. The first-order valence-corrected chi connectivity index (χ1v) is 21.4. The number of urea groups is 1. The maximum absolute atomic E-state index is 14.8. The fraction of sp³-hybridized carbons (Fsp3) is 0.625. The summed E-state index contributed by atoms with van der Waals surface area (Å²) in [6.07, 6.45) is 14.2. The third-order valence-corrected chi connectivity index (χ3v) is 18.0. The Hall–Kier alpha value is -3.36. The van der Waals surface area contributed by atoms with E-state index in [4.69, 9.17) is 0 Å². The van der Waals surface area contributed by atoms with Crippen molar-refractivity contribution >= 4 is 11.8 Å². The van der Waals surface area contributed by atoms with Crippen LogP contribution in [0.2, 0.25) is 0 Å². The molecule has 12 unspecified atom stereocenters. The summed E-state index contributed by atoms with van der Waals surface area (Å²) in [4.78, 5) is 31.3. The number of aliphatic hydroxyl groups excluding tert-OH is 1. The Kier molecular flexibility index (Phi) is 8.74. The molecular weight excluding hydrogens is 707 g/mol. The van der Waals surface area contributed by atoms with Crippen molar-refractivity contribution in [2.24, 2.45) is 56.7 Å².